The average Bonchev–Trinajstić information content (AvgIpc) is 2.68. The Kier molecular flexibility index (Phi) is 2.58. The molecule has 0 atom stereocenters. The van der Waals surface area contributed by atoms with Crippen molar-refractivity contribution in [2.75, 3.05) is 0 Å². The number of aryl methyl sites for hydroxylation is 1. The second kappa shape index (κ2) is 4.10. The molecule has 0 bridgehead atoms. The molecule has 0 aliphatic heterocycles. The van der Waals surface area contributed by atoms with E-state index in [4.69, 9.17) is 0 Å². The van der Waals surface area contributed by atoms with Crippen molar-refractivity contribution in [1.29, 1.82) is 0 Å². The number of carbonyl (C=O) groups excluding carboxylic acids is 1. The van der Waals surface area contributed by atoms with Crippen LogP contribution in [0.15, 0.2) is 6.20 Å². The molecular formula is C11H14N4OS. The van der Waals surface area contributed by atoms with Gasteiger partial charge in [-0.15, -0.1) is 0 Å². The van der Waals surface area contributed by atoms with Crippen LogP contribution in [0.5, 0.6) is 0 Å². The van der Waals surface area contributed by atoms with Gasteiger partial charge in [0.15, 0.2) is 0 Å². The lowest BCUT2D eigenvalue weighted by Crippen LogP contribution is -2.34. The molecule has 0 saturated heterocycles. The van der Waals surface area contributed by atoms with Crippen LogP contribution in [0.4, 0.5) is 0 Å². The fourth-order valence-electron chi connectivity index (χ4n) is 1.92. The van der Waals surface area contributed by atoms with Gasteiger partial charge in [-0.2, -0.15) is 5.10 Å². The van der Waals surface area contributed by atoms with Gasteiger partial charge in [0.2, 0.25) is 10.9 Å². The van der Waals surface area contributed by atoms with Gasteiger partial charge in [-0.25, -0.2) is 9.50 Å². The summed E-state index contributed by atoms with van der Waals surface area (Å²) in [5.74, 6) is 0.399. The standard InChI is InChI=1S/C11H14N4OS/c1-7-14-15-6-9(13-11(15)17-7)5-12-10(16)8-3-2-4-8/h6,8H,2-5H2,1H3,(H,12,16). The highest BCUT2D eigenvalue weighted by Gasteiger charge is 2.24. The Labute approximate surface area is 103 Å². The van der Waals surface area contributed by atoms with Crippen LogP contribution in [-0.4, -0.2) is 20.5 Å². The number of hydrogen-bond acceptors (Lipinski definition) is 4. The van der Waals surface area contributed by atoms with Crippen LogP contribution in [0.2, 0.25) is 0 Å². The van der Waals surface area contributed by atoms with Crippen molar-refractivity contribution in [2.24, 2.45) is 5.92 Å². The summed E-state index contributed by atoms with van der Waals surface area (Å²) in [5.41, 5.74) is 0.872. The van der Waals surface area contributed by atoms with Crippen LogP contribution < -0.4 is 5.32 Å². The smallest absolute Gasteiger partial charge is 0.223 e. The zero-order valence-corrected chi connectivity index (χ0v) is 10.5. The van der Waals surface area contributed by atoms with Crippen LogP contribution in [0.3, 0.4) is 0 Å². The summed E-state index contributed by atoms with van der Waals surface area (Å²) in [6.45, 7) is 2.46. The van der Waals surface area contributed by atoms with E-state index in [0.29, 0.717) is 6.54 Å². The molecule has 1 aliphatic carbocycles. The molecule has 1 amide bonds. The minimum absolute atomic E-state index is 0.164. The van der Waals surface area contributed by atoms with Crippen LogP contribution in [0.1, 0.15) is 30.0 Å². The number of imidazole rings is 1. The molecule has 90 valence electrons. The highest BCUT2D eigenvalue weighted by molar-refractivity contribution is 7.16. The highest BCUT2D eigenvalue weighted by atomic mass is 32.1. The Balaban J connectivity index is 1.64. The lowest BCUT2D eigenvalue weighted by molar-refractivity contribution is -0.127. The molecule has 0 radical (unpaired) electrons. The van der Waals surface area contributed by atoms with Crippen LogP contribution in [0.25, 0.3) is 4.96 Å². The number of fused-ring (bicyclic) bond motifs is 1. The van der Waals surface area contributed by atoms with Crippen molar-refractivity contribution in [2.45, 2.75) is 32.7 Å². The van der Waals surface area contributed by atoms with Gasteiger partial charge in [0.1, 0.15) is 5.01 Å². The third-order valence-corrected chi connectivity index (χ3v) is 3.95. The van der Waals surface area contributed by atoms with E-state index in [2.05, 4.69) is 15.4 Å². The van der Waals surface area contributed by atoms with Crippen molar-refractivity contribution in [3.63, 3.8) is 0 Å². The third kappa shape index (κ3) is 2.04. The van der Waals surface area contributed by atoms with Gasteiger partial charge in [0.05, 0.1) is 18.4 Å². The van der Waals surface area contributed by atoms with Crippen LogP contribution in [-0.2, 0) is 11.3 Å². The fourth-order valence-corrected chi connectivity index (χ4v) is 2.67. The largest absolute Gasteiger partial charge is 0.350 e. The highest BCUT2D eigenvalue weighted by Crippen LogP contribution is 2.26. The fraction of sp³-hybridized carbons (Fsp3) is 0.545. The SMILES string of the molecule is Cc1nn2cc(CNC(=O)C3CCC3)nc2s1. The molecule has 0 aromatic carbocycles. The predicted molar refractivity (Wildman–Crippen MR) is 64.8 cm³/mol. The molecule has 0 spiro atoms. The molecule has 2 aromatic rings. The van der Waals surface area contributed by atoms with E-state index in [1.807, 2.05) is 13.1 Å². The first-order chi connectivity index (χ1) is 8.22. The molecule has 17 heavy (non-hydrogen) atoms. The zero-order valence-electron chi connectivity index (χ0n) is 9.64. The molecule has 2 aromatic heterocycles. The lowest BCUT2D eigenvalue weighted by atomic mass is 9.85. The summed E-state index contributed by atoms with van der Waals surface area (Å²) in [6, 6.07) is 0. The van der Waals surface area contributed by atoms with Gasteiger partial charge in [0.25, 0.3) is 0 Å². The van der Waals surface area contributed by atoms with Gasteiger partial charge in [-0.3, -0.25) is 4.79 Å². The number of rotatable bonds is 3. The summed E-state index contributed by atoms with van der Waals surface area (Å²) < 4.78 is 1.77. The Morgan fingerprint density at radius 2 is 2.47 bits per heavy atom. The normalized spacial score (nSPS) is 16.1. The van der Waals surface area contributed by atoms with Gasteiger partial charge in [-0.1, -0.05) is 17.8 Å². The van der Waals surface area contributed by atoms with Gasteiger partial charge in [-0.05, 0) is 19.8 Å². The maximum absolute atomic E-state index is 11.6. The first kappa shape index (κ1) is 10.7. The Hall–Kier alpha value is -1.43. The van der Waals surface area contributed by atoms with E-state index in [0.717, 1.165) is 28.5 Å². The molecule has 6 heteroatoms. The number of carbonyl (C=O) groups is 1. The lowest BCUT2D eigenvalue weighted by Gasteiger charge is -2.23. The minimum Gasteiger partial charge on any atom is -0.350 e. The first-order valence-corrected chi connectivity index (χ1v) is 6.63. The monoisotopic (exact) mass is 250 g/mol. The van der Waals surface area contributed by atoms with Crippen LogP contribution >= 0.6 is 11.3 Å². The van der Waals surface area contributed by atoms with Crippen molar-refractivity contribution < 1.29 is 4.79 Å². The molecule has 1 N–H and O–H groups in total. The van der Waals surface area contributed by atoms with E-state index >= 15 is 0 Å². The summed E-state index contributed by atoms with van der Waals surface area (Å²) in [5, 5.41) is 8.21. The summed E-state index contributed by atoms with van der Waals surface area (Å²) in [6.07, 6.45) is 5.12. The number of nitrogens with zero attached hydrogens (tertiary/aromatic N) is 3. The van der Waals surface area contributed by atoms with Gasteiger partial charge >= 0.3 is 0 Å². The van der Waals surface area contributed by atoms with Crippen molar-refractivity contribution in [1.82, 2.24) is 19.9 Å². The molecule has 0 unspecified atom stereocenters. The van der Waals surface area contributed by atoms with E-state index in [9.17, 15) is 4.79 Å². The Morgan fingerprint density at radius 3 is 3.12 bits per heavy atom. The molecule has 5 nitrogen and oxygen atoms in total. The topological polar surface area (TPSA) is 59.3 Å². The van der Waals surface area contributed by atoms with Gasteiger partial charge in [0, 0.05) is 5.92 Å². The Morgan fingerprint density at radius 1 is 1.65 bits per heavy atom. The quantitative estimate of drug-likeness (QED) is 0.898. The molecular weight excluding hydrogens is 236 g/mol. The van der Waals surface area contributed by atoms with Crippen LogP contribution in [0, 0.1) is 12.8 Å². The number of hydrogen-bond donors (Lipinski definition) is 1. The van der Waals surface area contributed by atoms with E-state index in [1.54, 1.807) is 15.9 Å². The maximum Gasteiger partial charge on any atom is 0.223 e. The zero-order chi connectivity index (χ0) is 11.8. The second-order valence-electron chi connectivity index (χ2n) is 4.43. The number of amides is 1. The first-order valence-electron chi connectivity index (χ1n) is 5.82. The number of aromatic nitrogens is 3. The Bertz CT molecular complexity index is 523. The molecule has 1 saturated carbocycles. The van der Waals surface area contributed by atoms with Crippen molar-refractivity contribution in [3.8, 4) is 0 Å². The predicted octanol–water partition coefficient (Wildman–Crippen LogP) is 1.52. The van der Waals surface area contributed by atoms with E-state index in [1.165, 1.54) is 6.42 Å². The minimum atomic E-state index is 0.164. The van der Waals surface area contributed by atoms with E-state index < -0.39 is 0 Å². The second-order valence-corrected chi connectivity index (χ2v) is 5.59. The van der Waals surface area contributed by atoms with Gasteiger partial charge < -0.3 is 5.32 Å². The van der Waals surface area contributed by atoms with E-state index in [-0.39, 0.29) is 11.8 Å². The van der Waals surface area contributed by atoms with Crippen molar-refractivity contribution >= 4 is 22.2 Å². The summed E-state index contributed by atoms with van der Waals surface area (Å²) in [7, 11) is 0. The average molecular weight is 250 g/mol. The number of nitrogens with one attached hydrogen (secondary N) is 1. The van der Waals surface area contributed by atoms with Crippen molar-refractivity contribution in [3.05, 3.63) is 16.9 Å². The molecule has 3 rings (SSSR count). The maximum atomic E-state index is 11.6. The molecule has 1 aliphatic rings. The molecule has 2 heterocycles. The third-order valence-electron chi connectivity index (χ3n) is 3.11. The summed E-state index contributed by atoms with van der Waals surface area (Å²) in [4.78, 5) is 16.9. The molecule has 1 fully saturated rings. The summed E-state index contributed by atoms with van der Waals surface area (Å²) >= 11 is 1.56.